The number of β-amino-alcohol motifs (C(OH)–C–C–N with tert-alkyl or cyclic N) is 1. The molecule has 3 atom stereocenters. The van der Waals surface area contributed by atoms with E-state index in [1.54, 1.807) is 0 Å². The van der Waals surface area contributed by atoms with E-state index < -0.39 is 6.10 Å². The average molecular weight is 342 g/mol. The highest BCUT2D eigenvalue weighted by Gasteiger charge is 2.30. The van der Waals surface area contributed by atoms with Gasteiger partial charge in [0.25, 0.3) is 5.91 Å². The Hall–Kier alpha value is -0.730. The molecule has 3 aliphatic heterocycles. The van der Waals surface area contributed by atoms with Crippen LogP contribution in [0.4, 0.5) is 0 Å². The molecule has 0 aromatic heterocycles. The van der Waals surface area contributed by atoms with Crippen molar-refractivity contribution in [2.45, 2.75) is 44.0 Å². The van der Waals surface area contributed by atoms with Crippen molar-refractivity contribution in [3.8, 4) is 0 Å². The molecule has 0 spiro atoms. The van der Waals surface area contributed by atoms with Gasteiger partial charge < -0.3 is 24.2 Å². The molecule has 1 amide bonds. The lowest BCUT2D eigenvalue weighted by Gasteiger charge is -2.36. The summed E-state index contributed by atoms with van der Waals surface area (Å²) in [5.74, 6) is 0.132. The van der Waals surface area contributed by atoms with Gasteiger partial charge >= 0.3 is 0 Å². The molecule has 0 bridgehead atoms. The Labute approximate surface area is 143 Å². The van der Waals surface area contributed by atoms with E-state index in [-0.39, 0.29) is 18.1 Å². The quantitative estimate of drug-likeness (QED) is 0.695. The van der Waals surface area contributed by atoms with Crippen LogP contribution in [-0.4, -0.2) is 98.3 Å². The molecule has 0 aromatic rings. The normalized spacial score (nSPS) is 30.0. The van der Waals surface area contributed by atoms with Gasteiger partial charge in [-0.05, 0) is 25.7 Å². The standard InChI is InChI=1S/C17H30N2O5/c20-14(12-22-13-15-3-1-9-23-15)11-18-5-7-19(8-6-18)17(21)16-4-2-10-24-16/h14-16,20H,1-13H2. The van der Waals surface area contributed by atoms with Gasteiger partial charge in [-0.1, -0.05) is 0 Å². The van der Waals surface area contributed by atoms with Gasteiger partial charge in [-0.2, -0.15) is 0 Å². The lowest BCUT2D eigenvalue weighted by atomic mass is 10.2. The Morgan fingerprint density at radius 3 is 2.54 bits per heavy atom. The van der Waals surface area contributed by atoms with Gasteiger partial charge in [-0.3, -0.25) is 9.69 Å². The van der Waals surface area contributed by atoms with Crippen molar-refractivity contribution in [1.29, 1.82) is 0 Å². The van der Waals surface area contributed by atoms with Gasteiger partial charge in [-0.25, -0.2) is 0 Å². The highest BCUT2D eigenvalue weighted by molar-refractivity contribution is 5.81. The molecular weight excluding hydrogens is 312 g/mol. The minimum Gasteiger partial charge on any atom is -0.389 e. The number of aliphatic hydroxyl groups is 1. The molecule has 24 heavy (non-hydrogen) atoms. The molecule has 3 heterocycles. The van der Waals surface area contributed by atoms with Gasteiger partial charge in [0.05, 0.1) is 25.4 Å². The van der Waals surface area contributed by atoms with Crippen LogP contribution >= 0.6 is 0 Å². The topological polar surface area (TPSA) is 71.5 Å². The second-order valence-electron chi connectivity index (χ2n) is 6.95. The number of nitrogens with zero attached hydrogens (tertiary/aromatic N) is 2. The minimum absolute atomic E-state index is 0.132. The maximum atomic E-state index is 12.3. The Bertz CT molecular complexity index is 388. The fourth-order valence-electron chi connectivity index (χ4n) is 3.59. The van der Waals surface area contributed by atoms with Crippen LogP contribution in [0.2, 0.25) is 0 Å². The minimum atomic E-state index is -0.494. The first-order valence-corrected chi connectivity index (χ1v) is 9.22. The number of ether oxygens (including phenoxy) is 3. The lowest BCUT2D eigenvalue weighted by Crippen LogP contribution is -2.53. The molecule has 0 aromatic carbocycles. The summed E-state index contributed by atoms with van der Waals surface area (Å²) < 4.78 is 16.5. The summed E-state index contributed by atoms with van der Waals surface area (Å²) in [5, 5.41) is 10.1. The zero-order chi connectivity index (χ0) is 16.8. The van der Waals surface area contributed by atoms with E-state index in [1.807, 2.05) is 4.90 Å². The number of piperazine rings is 1. The molecule has 3 saturated heterocycles. The first kappa shape index (κ1) is 18.1. The summed E-state index contributed by atoms with van der Waals surface area (Å²) in [6.07, 6.45) is 3.46. The van der Waals surface area contributed by atoms with Gasteiger partial charge in [0.1, 0.15) is 6.10 Å². The third-order valence-corrected chi connectivity index (χ3v) is 5.00. The molecule has 138 valence electrons. The Balaban J connectivity index is 1.29. The van der Waals surface area contributed by atoms with E-state index in [0.29, 0.717) is 39.5 Å². The smallest absolute Gasteiger partial charge is 0.251 e. The predicted octanol–water partition coefficient (Wildman–Crippen LogP) is -0.134. The van der Waals surface area contributed by atoms with Crippen LogP contribution in [0.15, 0.2) is 0 Å². The molecule has 3 fully saturated rings. The zero-order valence-corrected chi connectivity index (χ0v) is 14.4. The first-order chi connectivity index (χ1) is 11.7. The van der Waals surface area contributed by atoms with Gasteiger partial charge in [0.2, 0.25) is 0 Å². The third-order valence-electron chi connectivity index (χ3n) is 5.00. The molecule has 0 aliphatic carbocycles. The molecule has 1 N–H and O–H groups in total. The van der Waals surface area contributed by atoms with E-state index in [9.17, 15) is 9.90 Å². The van der Waals surface area contributed by atoms with E-state index in [2.05, 4.69) is 4.90 Å². The summed E-state index contributed by atoms with van der Waals surface area (Å²) in [7, 11) is 0. The fourth-order valence-corrected chi connectivity index (χ4v) is 3.59. The molecule has 0 saturated carbocycles. The van der Waals surface area contributed by atoms with E-state index in [1.165, 1.54) is 0 Å². The molecule has 0 radical (unpaired) electrons. The second kappa shape index (κ2) is 9.10. The van der Waals surface area contributed by atoms with Crippen molar-refractivity contribution >= 4 is 5.91 Å². The van der Waals surface area contributed by atoms with Crippen LogP contribution in [0.1, 0.15) is 25.7 Å². The number of rotatable bonds is 7. The zero-order valence-electron chi connectivity index (χ0n) is 14.4. The number of carbonyl (C=O) groups is 1. The van der Waals surface area contributed by atoms with Crippen LogP contribution < -0.4 is 0 Å². The highest BCUT2D eigenvalue weighted by Crippen LogP contribution is 2.16. The van der Waals surface area contributed by atoms with Crippen molar-refractivity contribution in [2.75, 3.05) is 59.2 Å². The number of hydrogen-bond acceptors (Lipinski definition) is 6. The molecule has 3 aliphatic rings. The largest absolute Gasteiger partial charge is 0.389 e. The summed E-state index contributed by atoms with van der Waals surface area (Å²) in [5.41, 5.74) is 0. The summed E-state index contributed by atoms with van der Waals surface area (Å²) in [6, 6.07) is 0. The van der Waals surface area contributed by atoms with E-state index in [0.717, 1.165) is 45.4 Å². The highest BCUT2D eigenvalue weighted by atomic mass is 16.5. The molecule has 3 unspecified atom stereocenters. The molecular formula is C17H30N2O5. The monoisotopic (exact) mass is 342 g/mol. The third kappa shape index (κ3) is 5.13. The fraction of sp³-hybridized carbons (Fsp3) is 0.941. The van der Waals surface area contributed by atoms with Crippen molar-refractivity contribution in [1.82, 2.24) is 9.80 Å². The Morgan fingerprint density at radius 1 is 1.12 bits per heavy atom. The Kier molecular flexibility index (Phi) is 6.85. The SMILES string of the molecule is O=C(C1CCCO1)N1CCN(CC(O)COCC2CCCO2)CC1. The average Bonchev–Trinajstić information content (AvgIpc) is 3.29. The summed E-state index contributed by atoms with van der Waals surface area (Å²) in [4.78, 5) is 16.4. The van der Waals surface area contributed by atoms with Crippen LogP contribution in [0.5, 0.6) is 0 Å². The molecule has 7 heteroatoms. The Morgan fingerprint density at radius 2 is 1.88 bits per heavy atom. The van der Waals surface area contributed by atoms with Gasteiger partial charge in [0.15, 0.2) is 0 Å². The first-order valence-electron chi connectivity index (χ1n) is 9.22. The summed E-state index contributed by atoms with van der Waals surface area (Å²) in [6.45, 7) is 6.04. The van der Waals surface area contributed by atoms with Crippen LogP contribution in [0, 0.1) is 0 Å². The van der Waals surface area contributed by atoms with Crippen molar-refractivity contribution < 1.29 is 24.1 Å². The number of aliphatic hydroxyl groups excluding tert-OH is 1. The van der Waals surface area contributed by atoms with Gasteiger partial charge in [-0.15, -0.1) is 0 Å². The lowest BCUT2D eigenvalue weighted by molar-refractivity contribution is -0.142. The van der Waals surface area contributed by atoms with Crippen molar-refractivity contribution in [3.63, 3.8) is 0 Å². The number of hydrogen-bond donors (Lipinski definition) is 1. The predicted molar refractivity (Wildman–Crippen MR) is 87.8 cm³/mol. The molecule has 3 rings (SSSR count). The maximum absolute atomic E-state index is 12.3. The van der Waals surface area contributed by atoms with Crippen LogP contribution in [-0.2, 0) is 19.0 Å². The summed E-state index contributed by atoms with van der Waals surface area (Å²) >= 11 is 0. The van der Waals surface area contributed by atoms with Crippen LogP contribution in [0.25, 0.3) is 0 Å². The van der Waals surface area contributed by atoms with Crippen LogP contribution in [0.3, 0.4) is 0 Å². The molecule has 7 nitrogen and oxygen atoms in total. The van der Waals surface area contributed by atoms with Crippen molar-refractivity contribution in [2.24, 2.45) is 0 Å². The van der Waals surface area contributed by atoms with Crippen molar-refractivity contribution in [3.05, 3.63) is 0 Å². The number of amides is 1. The maximum Gasteiger partial charge on any atom is 0.251 e. The van der Waals surface area contributed by atoms with E-state index >= 15 is 0 Å². The van der Waals surface area contributed by atoms with E-state index in [4.69, 9.17) is 14.2 Å². The second-order valence-corrected chi connectivity index (χ2v) is 6.95. The number of carbonyl (C=O) groups excluding carboxylic acids is 1. The van der Waals surface area contributed by atoms with Gasteiger partial charge in [0, 0.05) is 45.9 Å².